The number of hydrogen-bond acceptors (Lipinski definition) is 4. The summed E-state index contributed by atoms with van der Waals surface area (Å²) in [7, 11) is -4.60. The quantitative estimate of drug-likeness (QED) is 0.622. The van der Waals surface area contributed by atoms with Gasteiger partial charge in [0.05, 0.1) is 0 Å². The minimum Gasteiger partial charge on any atom is -0.371 e. The third-order valence-corrected chi connectivity index (χ3v) is 1.62. The molecule has 92 valence electrons. The van der Waals surface area contributed by atoms with Gasteiger partial charge in [0, 0.05) is 6.42 Å². The molecule has 0 saturated heterocycles. The normalized spacial score (nSPS) is 10.2. The van der Waals surface area contributed by atoms with Gasteiger partial charge in [-0.05, 0) is 19.5 Å². The Morgan fingerprint density at radius 1 is 1.27 bits per heavy atom. The standard InChI is InChI=1S/C4H11N.C4H9O5P/c1-3-5-4-2;1-2-3-4(5)9-10(6,7)8/h5H,3-4H2,1-2H3;2-3H2,1H3,(H2,6,7,8). The van der Waals surface area contributed by atoms with E-state index in [9.17, 15) is 9.36 Å². The van der Waals surface area contributed by atoms with Crippen molar-refractivity contribution in [3.05, 3.63) is 0 Å². The van der Waals surface area contributed by atoms with E-state index in [-0.39, 0.29) is 6.42 Å². The summed E-state index contributed by atoms with van der Waals surface area (Å²) in [4.78, 5) is 26.5. The summed E-state index contributed by atoms with van der Waals surface area (Å²) in [5.74, 6) is -0.865. The van der Waals surface area contributed by atoms with Crippen molar-refractivity contribution in [2.45, 2.75) is 33.6 Å². The van der Waals surface area contributed by atoms with Gasteiger partial charge in [-0.3, -0.25) is 14.6 Å². The minimum absolute atomic E-state index is 0.0328. The van der Waals surface area contributed by atoms with Crippen LogP contribution in [0.15, 0.2) is 0 Å². The first-order chi connectivity index (χ1) is 6.87. The summed E-state index contributed by atoms with van der Waals surface area (Å²) >= 11 is 0. The Morgan fingerprint density at radius 3 is 1.93 bits per heavy atom. The largest absolute Gasteiger partial charge is 0.526 e. The molecule has 0 aliphatic rings. The van der Waals surface area contributed by atoms with Crippen LogP contribution in [0, 0.1) is 0 Å². The number of rotatable bonds is 5. The zero-order valence-electron chi connectivity index (χ0n) is 9.39. The number of hydrogen-bond donors (Lipinski definition) is 3. The second-order valence-corrected chi connectivity index (χ2v) is 3.82. The fraction of sp³-hybridized carbons (Fsp3) is 0.875. The van der Waals surface area contributed by atoms with Gasteiger partial charge in [0.25, 0.3) is 0 Å². The van der Waals surface area contributed by atoms with E-state index >= 15 is 0 Å². The molecule has 0 radical (unpaired) electrons. The molecular formula is C8H20NO5P. The number of carbonyl (C=O) groups is 1. The molecule has 0 unspecified atom stereocenters. The first kappa shape index (κ1) is 17.0. The SMILES string of the molecule is CCCC(=O)OP(=O)(O)O.CCNCC. The van der Waals surface area contributed by atoms with E-state index in [1.165, 1.54) is 0 Å². The van der Waals surface area contributed by atoms with Crippen molar-refractivity contribution in [2.75, 3.05) is 13.1 Å². The summed E-state index contributed by atoms with van der Waals surface area (Å²) in [6, 6.07) is 0. The molecule has 0 amide bonds. The fourth-order valence-corrected chi connectivity index (χ4v) is 0.989. The van der Waals surface area contributed by atoms with Gasteiger partial charge in [-0.15, -0.1) is 0 Å². The topological polar surface area (TPSA) is 95.9 Å². The molecule has 0 aromatic carbocycles. The first-order valence-electron chi connectivity index (χ1n) is 4.86. The summed E-state index contributed by atoms with van der Waals surface area (Å²) in [5, 5.41) is 3.11. The monoisotopic (exact) mass is 241 g/mol. The molecule has 0 aromatic rings. The molecule has 0 saturated carbocycles. The van der Waals surface area contributed by atoms with Crippen molar-refractivity contribution >= 4 is 13.8 Å². The predicted octanol–water partition coefficient (Wildman–Crippen LogP) is 1.04. The maximum absolute atomic E-state index is 10.3. The Labute approximate surface area is 90.3 Å². The lowest BCUT2D eigenvalue weighted by atomic mass is 10.4. The lowest BCUT2D eigenvalue weighted by Crippen LogP contribution is -2.09. The van der Waals surface area contributed by atoms with Crippen LogP contribution >= 0.6 is 7.82 Å². The van der Waals surface area contributed by atoms with Crippen LogP contribution in [0.3, 0.4) is 0 Å². The zero-order valence-corrected chi connectivity index (χ0v) is 10.3. The molecule has 0 rings (SSSR count). The zero-order chi connectivity index (χ0) is 12.3. The van der Waals surface area contributed by atoms with Crippen molar-refractivity contribution in [2.24, 2.45) is 0 Å². The third kappa shape index (κ3) is 19.8. The van der Waals surface area contributed by atoms with Gasteiger partial charge in [0.15, 0.2) is 0 Å². The number of phosphoric acid groups is 1. The molecule has 6 nitrogen and oxygen atoms in total. The van der Waals surface area contributed by atoms with Gasteiger partial charge in [-0.1, -0.05) is 20.8 Å². The van der Waals surface area contributed by atoms with Crippen LogP contribution in [0.1, 0.15) is 33.6 Å². The Kier molecular flexibility index (Phi) is 11.5. The molecule has 7 heteroatoms. The molecule has 0 bridgehead atoms. The summed E-state index contributed by atoms with van der Waals surface area (Å²) in [5.41, 5.74) is 0. The summed E-state index contributed by atoms with van der Waals surface area (Å²) < 4.78 is 13.7. The molecule has 0 heterocycles. The average Bonchev–Trinajstić information content (AvgIpc) is 2.03. The van der Waals surface area contributed by atoms with Crippen LogP contribution in [0.4, 0.5) is 0 Å². The maximum Gasteiger partial charge on any atom is 0.526 e. The predicted molar refractivity (Wildman–Crippen MR) is 57.3 cm³/mol. The number of nitrogens with one attached hydrogen (secondary N) is 1. The molecule has 0 aromatic heterocycles. The van der Waals surface area contributed by atoms with E-state index < -0.39 is 13.8 Å². The Bertz CT molecular complexity index is 201. The molecule has 0 aliphatic carbocycles. The average molecular weight is 241 g/mol. The number of carbonyl (C=O) groups excluding carboxylic acids is 1. The molecule has 0 aliphatic heterocycles. The lowest BCUT2D eigenvalue weighted by molar-refractivity contribution is -0.135. The van der Waals surface area contributed by atoms with Gasteiger partial charge < -0.3 is 9.84 Å². The summed E-state index contributed by atoms with van der Waals surface area (Å²) in [6.07, 6.45) is 0.546. The second kappa shape index (κ2) is 10.1. The number of phosphoric ester groups is 1. The highest BCUT2D eigenvalue weighted by atomic mass is 31.2. The molecule has 15 heavy (non-hydrogen) atoms. The Balaban J connectivity index is 0. The van der Waals surface area contributed by atoms with E-state index in [0.717, 1.165) is 13.1 Å². The molecule has 3 N–H and O–H groups in total. The van der Waals surface area contributed by atoms with Crippen LogP contribution in [0.25, 0.3) is 0 Å². The smallest absolute Gasteiger partial charge is 0.371 e. The van der Waals surface area contributed by atoms with Gasteiger partial charge >= 0.3 is 13.8 Å². The lowest BCUT2D eigenvalue weighted by Gasteiger charge is -2.02. The van der Waals surface area contributed by atoms with E-state index in [2.05, 4.69) is 23.7 Å². The Hall–Kier alpha value is -0.420. The van der Waals surface area contributed by atoms with Crippen molar-refractivity contribution in [1.82, 2.24) is 5.32 Å². The van der Waals surface area contributed by atoms with Crippen LogP contribution in [-0.4, -0.2) is 28.8 Å². The van der Waals surface area contributed by atoms with E-state index in [1.807, 2.05) is 0 Å². The van der Waals surface area contributed by atoms with E-state index in [1.54, 1.807) is 6.92 Å². The van der Waals surface area contributed by atoms with Crippen LogP contribution in [0.2, 0.25) is 0 Å². The third-order valence-electron chi connectivity index (χ3n) is 1.17. The van der Waals surface area contributed by atoms with Crippen molar-refractivity contribution in [3.8, 4) is 0 Å². The van der Waals surface area contributed by atoms with E-state index in [0.29, 0.717) is 6.42 Å². The van der Waals surface area contributed by atoms with Crippen molar-refractivity contribution in [1.29, 1.82) is 0 Å². The molecule has 0 spiro atoms. The maximum atomic E-state index is 10.3. The van der Waals surface area contributed by atoms with Gasteiger partial charge in [0.2, 0.25) is 0 Å². The summed E-state index contributed by atoms with van der Waals surface area (Å²) in [6.45, 7) is 8.10. The van der Waals surface area contributed by atoms with Gasteiger partial charge in [-0.2, -0.15) is 0 Å². The second-order valence-electron chi connectivity index (χ2n) is 2.66. The minimum atomic E-state index is -4.60. The highest BCUT2D eigenvalue weighted by molar-refractivity contribution is 7.46. The van der Waals surface area contributed by atoms with Gasteiger partial charge in [0.1, 0.15) is 0 Å². The molecule has 0 atom stereocenters. The van der Waals surface area contributed by atoms with Crippen LogP contribution in [-0.2, 0) is 13.9 Å². The van der Waals surface area contributed by atoms with Crippen LogP contribution < -0.4 is 5.32 Å². The Morgan fingerprint density at radius 2 is 1.73 bits per heavy atom. The van der Waals surface area contributed by atoms with Crippen LogP contribution in [0.5, 0.6) is 0 Å². The highest BCUT2D eigenvalue weighted by Gasteiger charge is 2.18. The van der Waals surface area contributed by atoms with Gasteiger partial charge in [-0.25, -0.2) is 4.57 Å². The van der Waals surface area contributed by atoms with Crippen molar-refractivity contribution in [3.63, 3.8) is 0 Å². The fourth-order valence-electron chi connectivity index (χ4n) is 0.632. The molecule has 0 fully saturated rings. The molecular weight excluding hydrogens is 221 g/mol. The first-order valence-corrected chi connectivity index (χ1v) is 6.39. The van der Waals surface area contributed by atoms with E-state index in [4.69, 9.17) is 9.79 Å². The highest BCUT2D eigenvalue weighted by Crippen LogP contribution is 2.36. The van der Waals surface area contributed by atoms with Crippen molar-refractivity contribution < 1.29 is 23.7 Å².